The number of nitrogens with one attached hydrogen (secondary N) is 1. The predicted octanol–water partition coefficient (Wildman–Crippen LogP) is 5.24. The lowest BCUT2D eigenvalue weighted by Gasteiger charge is -2.35. The van der Waals surface area contributed by atoms with Crippen molar-refractivity contribution >= 4 is 11.7 Å². The number of aryl methyl sites for hydroxylation is 1. The molecule has 0 aliphatic heterocycles. The van der Waals surface area contributed by atoms with Gasteiger partial charge in [0.05, 0.1) is 5.69 Å². The number of anilines is 1. The van der Waals surface area contributed by atoms with Gasteiger partial charge in [0.1, 0.15) is 11.6 Å². The monoisotopic (exact) mass is 392 g/mol. The van der Waals surface area contributed by atoms with Crippen LogP contribution in [0.3, 0.4) is 0 Å². The molecular weight excluding hydrogens is 370 g/mol. The molecule has 1 N–H and O–H groups in total. The lowest BCUT2D eigenvalue weighted by atomic mass is 9.87. The fraction of sp³-hybridized carbons (Fsp3) is 0.208. The topological polar surface area (TPSA) is 32.3 Å². The number of nitrogens with zero attached hydrogens (tertiary/aromatic N) is 1. The summed E-state index contributed by atoms with van der Waals surface area (Å²) in [5.41, 5.74) is 3.47. The highest BCUT2D eigenvalue weighted by molar-refractivity contribution is 5.92. The van der Waals surface area contributed by atoms with E-state index >= 15 is 0 Å². The molecule has 1 aliphatic carbocycles. The highest BCUT2D eigenvalue weighted by Crippen LogP contribution is 2.30. The van der Waals surface area contributed by atoms with Crippen LogP contribution >= 0.6 is 0 Å². The molecule has 0 saturated heterocycles. The molecule has 0 saturated carbocycles. The first kappa shape index (κ1) is 19.1. The molecule has 3 aromatic rings. The zero-order chi connectivity index (χ0) is 20.2. The normalized spacial score (nSPS) is 15.4. The number of rotatable bonds is 4. The molecule has 1 atom stereocenters. The smallest absolute Gasteiger partial charge is 0.322 e. The lowest BCUT2D eigenvalue weighted by molar-refractivity contribution is 0.242. The van der Waals surface area contributed by atoms with Crippen LogP contribution < -0.4 is 10.2 Å². The van der Waals surface area contributed by atoms with Gasteiger partial charge in [-0.05, 0) is 48.1 Å². The van der Waals surface area contributed by atoms with Gasteiger partial charge in [0, 0.05) is 18.7 Å². The molecule has 3 aromatic carbocycles. The summed E-state index contributed by atoms with van der Waals surface area (Å²) in [5.74, 6) is -1.40. The van der Waals surface area contributed by atoms with Crippen LogP contribution in [0.5, 0.6) is 0 Å². The van der Waals surface area contributed by atoms with E-state index in [0.717, 1.165) is 23.6 Å². The maximum Gasteiger partial charge on any atom is 0.322 e. The molecule has 29 heavy (non-hydrogen) atoms. The first-order valence-corrected chi connectivity index (χ1v) is 9.74. The Hall–Kier alpha value is -3.21. The maximum absolute atomic E-state index is 14.6. The highest BCUT2D eigenvalue weighted by atomic mass is 19.1. The molecule has 1 unspecified atom stereocenters. The minimum Gasteiger partial charge on any atom is -0.334 e. The number of halogens is 2. The average molecular weight is 392 g/mol. The Bertz CT molecular complexity index is 1010. The number of fused-ring (bicyclic) bond motifs is 1. The minimum absolute atomic E-state index is 0.0985. The van der Waals surface area contributed by atoms with Gasteiger partial charge in [0.15, 0.2) is 0 Å². The van der Waals surface area contributed by atoms with Gasteiger partial charge in [-0.15, -0.1) is 0 Å². The summed E-state index contributed by atoms with van der Waals surface area (Å²) >= 11 is 0. The van der Waals surface area contributed by atoms with E-state index in [1.54, 1.807) is 0 Å². The number of hydrogen-bond acceptors (Lipinski definition) is 1. The molecule has 2 amide bonds. The number of carbonyl (C=O) groups is 1. The third-order valence-electron chi connectivity index (χ3n) is 5.36. The number of hydrogen-bond donors (Lipinski definition) is 1. The molecule has 0 spiro atoms. The SMILES string of the molecule is O=C(NCc1ccccc1)N(c1ccc(F)cc1F)C1CCc2ccccc2C1. The van der Waals surface area contributed by atoms with Crippen molar-refractivity contribution in [1.29, 1.82) is 0 Å². The molecular formula is C24H22F2N2O. The number of carbonyl (C=O) groups excluding carboxylic acids is 1. The van der Waals surface area contributed by atoms with Crippen molar-refractivity contribution in [2.75, 3.05) is 4.90 Å². The Balaban J connectivity index is 1.61. The van der Waals surface area contributed by atoms with Gasteiger partial charge < -0.3 is 5.32 Å². The van der Waals surface area contributed by atoms with Crippen LogP contribution in [0.1, 0.15) is 23.1 Å². The van der Waals surface area contributed by atoms with Crippen molar-refractivity contribution in [3.05, 3.63) is 101 Å². The summed E-state index contributed by atoms with van der Waals surface area (Å²) in [6.07, 6.45) is 2.16. The molecule has 0 heterocycles. The second kappa shape index (κ2) is 8.43. The molecule has 148 valence electrons. The van der Waals surface area contributed by atoms with Crippen molar-refractivity contribution in [2.45, 2.75) is 31.8 Å². The summed E-state index contributed by atoms with van der Waals surface area (Å²) in [6.45, 7) is 0.336. The average Bonchev–Trinajstić information content (AvgIpc) is 2.74. The van der Waals surface area contributed by atoms with E-state index in [-0.39, 0.29) is 17.8 Å². The largest absolute Gasteiger partial charge is 0.334 e. The summed E-state index contributed by atoms with van der Waals surface area (Å²) in [6, 6.07) is 20.4. The molecule has 4 rings (SSSR count). The Labute approximate surface area is 169 Å². The number of benzene rings is 3. The third kappa shape index (κ3) is 4.29. The maximum atomic E-state index is 14.6. The number of amides is 2. The fourth-order valence-corrected chi connectivity index (χ4v) is 3.91. The second-order valence-electron chi connectivity index (χ2n) is 7.28. The first-order valence-electron chi connectivity index (χ1n) is 9.74. The van der Waals surface area contributed by atoms with Crippen LogP contribution in [-0.4, -0.2) is 12.1 Å². The molecule has 0 aromatic heterocycles. The zero-order valence-electron chi connectivity index (χ0n) is 15.9. The van der Waals surface area contributed by atoms with E-state index in [1.165, 1.54) is 22.6 Å². The lowest BCUT2D eigenvalue weighted by Crippen LogP contribution is -2.48. The van der Waals surface area contributed by atoms with Gasteiger partial charge in [0.25, 0.3) is 0 Å². The summed E-state index contributed by atoms with van der Waals surface area (Å²) in [7, 11) is 0. The Morgan fingerprint density at radius 2 is 1.69 bits per heavy atom. The van der Waals surface area contributed by atoms with Gasteiger partial charge in [-0.25, -0.2) is 13.6 Å². The molecule has 0 radical (unpaired) electrons. The van der Waals surface area contributed by atoms with E-state index in [1.807, 2.05) is 48.5 Å². The molecule has 1 aliphatic rings. The van der Waals surface area contributed by atoms with Crippen LogP contribution in [0.4, 0.5) is 19.3 Å². The predicted molar refractivity (Wildman–Crippen MR) is 110 cm³/mol. The number of urea groups is 1. The van der Waals surface area contributed by atoms with E-state index in [0.29, 0.717) is 19.4 Å². The highest BCUT2D eigenvalue weighted by Gasteiger charge is 2.30. The van der Waals surface area contributed by atoms with Crippen LogP contribution in [0.2, 0.25) is 0 Å². The van der Waals surface area contributed by atoms with Crippen molar-refractivity contribution in [1.82, 2.24) is 5.32 Å². The van der Waals surface area contributed by atoms with Gasteiger partial charge in [-0.1, -0.05) is 54.6 Å². The van der Waals surface area contributed by atoms with Crippen LogP contribution in [0.25, 0.3) is 0 Å². The van der Waals surface area contributed by atoms with Gasteiger partial charge >= 0.3 is 6.03 Å². The van der Waals surface area contributed by atoms with Gasteiger partial charge in [-0.2, -0.15) is 0 Å². The quantitative estimate of drug-likeness (QED) is 0.647. The van der Waals surface area contributed by atoms with Crippen LogP contribution in [0, 0.1) is 11.6 Å². The van der Waals surface area contributed by atoms with E-state index in [2.05, 4.69) is 11.4 Å². The first-order chi connectivity index (χ1) is 14.1. The summed E-state index contributed by atoms with van der Waals surface area (Å²) in [5, 5.41) is 2.89. The van der Waals surface area contributed by atoms with Crippen LogP contribution in [-0.2, 0) is 19.4 Å². The minimum atomic E-state index is -0.737. The molecule has 0 fully saturated rings. The third-order valence-corrected chi connectivity index (χ3v) is 5.36. The van der Waals surface area contributed by atoms with Crippen molar-refractivity contribution in [3.63, 3.8) is 0 Å². The summed E-state index contributed by atoms with van der Waals surface area (Å²) in [4.78, 5) is 14.6. The van der Waals surface area contributed by atoms with E-state index < -0.39 is 11.6 Å². The van der Waals surface area contributed by atoms with E-state index in [9.17, 15) is 13.6 Å². The van der Waals surface area contributed by atoms with Crippen molar-refractivity contribution in [3.8, 4) is 0 Å². The Morgan fingerprint density at radius 1 is 0.966 bits per heavy atom. The van der Waals surface area contributed by atoms with Gasteiger partial charge in [0.2, 0.25) is 0 Å². The second-order valence-corrected chi connectivity index (χ2v) is 7.28. The summed E-state index contributed by atoms with van der Waals surface area (Å²) < 4.78 is 28.1. The van der Waals surface area contributed by atoms with E-state index in [4.69, 9.17) is 0 Å². The Kier molecular flexibility index (Phi) is 5.56. The fourth-order valence-electron chi connectivity index (χ4n) is 3.91. The van der Waals surface area contributed by atoms with Crippen molar-refractivity contribution < 1.29 is 13.6 Å². The molecule has 0 bridgehead atoms. The van der Waals surface area contributed by atoms with Gasteiger partial charge in [-0.3, -0.25) is 4.90 Å². The van der Waals surface area contributed by atoms with Crippen molar-refractivity contribution in [2.24, 2.45) is 0 Å². The van der Waals surface area contributed by atoms with Crippen LogP contribution in [0.15, 0.2) is 72.8 Å². The standard InChI is InChI=1S/C24H22F2N2O/c25-20-11-13-23(22(26)15-20)28(24(29)27-16-17-6-2-1-3-7-17)21-12-10-18-8-4-5-9-19(18)14-21/h1-9,11,13,15,21H,10,12,14,16H2,(H,27,29). The zero-order valence-corrected chi connectivity index (χ0v) is 15.9. The molecule has 5 heteroatoms. The Morgan fingerprint density at radius 3 is 2.45 bits per heavy atom. The molecule has 3 nitrogen and oxygen atoms in total.